The van der Waals surface area contributed by atoms with Gasteiger partial charge in [0.05, 0.1) is 18.7 Å². The van der Waals surface area contributed by atoms with Gasteiger partial charge in [0.2, 0.25) is 0 Å². The molecular weight excluding hydrogens is 354 g/mol. The Bertz CT molecular complexity index is 975. The summed E-state index contributed by atoms with van der Waals surface area (Å²) in [4.78, 5) is 15.9. The van der Waals surface area contributed by atoms with E-state index in [1.54, 1.807) is 12.1 Å². The van der Waals surface area contributed by atoms with Crippen LogP contribution in [0.25, 0.3) is 11.1 Å². The fourth-order valence-electron chi connectivity index (χ4n) is 2.93. The van der Waals surface area contributed by atoms with Crippen LogP contribution in [0.3, 0.4) is 0 Å². The van der Waals surface area contributed by atoms with Crippen LogP contribution in [0.1, 0.15) is 35.6 Å². The molecule has 1 aromatic heterocycles. The molecule has 0 saturated carbocycles. The van der Waals surface area contributed by atoms with Crippen molar-refractivity contribution in [3.63, 3.8) is 0 Å². The van der Waals surface area contributed by atoms with Crippen LogP contribution in [0, 0.1) is 0 Å². The molecule has 0 aliphatic rings. The molecule has 0 fully saturated rings. The number of benzene rings is 2. The van der Waals surface area contributed by atoms with E-state index in [0.29, 0.717) is 36.7 Å². The van der Waals surface area contributed by atoms with Crippen LogP contribution in [0.4, 0.5) is 0 Å². The first kappa shape index (κ1) is 19.4. The minimum absolute atomic E-state index is 0.294. The second-order valence-corrected chi connectivity index (χ2v) is 6.22. The van der Waals surface area contributed by atoms with E-state index < -0.39 is 5.97 Å². The van der Waals surface area contributed by atoms with Gasteiger partial charge in [-0.1, -0.05) is 54.6 Å². The lowest BCUT2D eigenvalue weighted by Crippen LogP contribution is -2.05. The molecule has 0 aliphatic carbocycles. The van der Waals surface area contributed by atoms with Crippen LogP contribution in [-0.2, 0) is 13.0 Å². The number of hydrogen-bond acceptors (Lipinski definition) is 4. The lowest BCUT2D eigenvalue weighted by molar-refractivity contribution is 0.0697. The fraction of sp³-hybridized carbons (Fsp3) is 0.227. The molecule has 3 aromatic rings. The normalized spacial score (nSPS) is 11.1. The molecule has 0 amide bonds. The van der Waals surface area contributed by atoms with Gasteiger partial charge in [0.1, 0.15) is 5.82 Å². The fourth-order valence-corrected chi connectivity index (χ4v) is 2.93. The topological polar surface area (TPSA) is 77.2 Å². The molecule has 144 valence electrons. The maximum atomic E-state index is 11.4. The predicted octanol–water partition coefficient (Wildman–Crippen LogP) is 4.21. The lowest BCUT2D eigenvalue weighted by Gasteiger charge is -2.08. The molecule has 0 unspecified atom stereocenters. The average molecular weight is 377 g/mol. The average Bonchev–Trinajstić information content (AvgIpc) is 3.08. The summed E-state index contributed by atoms with van der Waals surface area (Å²) in [5, 5.41) is 13.8. The summed E-state index contributed by atoms with van der Waals surface area (Å²) in [6.45, 7) is 5.02. The quantitative estimate of drug-likeness (QED) is 0.595. The Morgan fingerprint density at radius 3 is 2.61 bits per heavy atom. The number of ether oxygens (including phenoxy) is 1. The predicted molar refractivity (Wildman–Crippen MR) is 108 cm³/mol. The van der Waals surface area contributed by atoms with Crippen LogP contribution in [-0.4, -0.2) is 32.4 Å². The molecule has 0 bridgehead atoms. The summed E-state index contributed by atoms with van der Waals surface area (Å²) >= 11 is 0. The lowest BCUT2D eigenvalue weighted by atomic mass is 9.98. The first-order chi connectivity index (χ1) is 13.6. The van der Waals surface area contributed by atoms with Crippen LogP contribution >= 0.6 is 0 Å². The van der Waals surface area contributed by atoms with Crippen molar-refractivity contribution >= 4 is 5.97 Å². The van der Waals surface area contributed by atoms with E-state index in [0.717, 1.165) is 17.0 Å². The first-order valence-electron chi connectivity index (χ1n) is 9.21. The highest BCUT2D eigenvalue weighted by atomic mass is 16.5. The van der Waals surface area contributed by atoms with E-state index in [9.17, 15) is 9.90 Å². The number of carboxylic acids is 1. The zero-order chi connectivity index (χ0) is 19.9. The third kappa shape index (κ3) is 4.46. The van der Waals surface area contributed by atoms with Gasteiger partial charge in [-0.3, -0.25) is 0 Å². The Hall–Kier alpha value is -3.41. The Morgan fingerprint density at radius 2 is 1.93 bits per heavy atom. The number of hydrogen-bond donors (Lipinski definition) is 1. The van der Waals surface area contributed by atoms with Crippen molar-refractivity contribution in [2.24, 2.45) is 0 Å². The van der Waals surface area contributed by atoms with Gasteiger partial charge < -0.3 is 9.84 Å². The molecule has 6 heteroatoms. The molecule has 2 aromatic carbocycles. The number of nitrogens with zero attached hydrogens (tertiary/aromatic N) is 3. The largest absolute Gasteiger partial charge is 0.478 e. The third-order valence-corrected chi connectivity index (χ3v) is 4.30. The van der Waals surface area contributed by atoms with E-state index in [4.69, 9.17) is 4.74 Å². The van der Waals surface area contributed by atoms with E-state index in [2.05, 4.69) is 10.1 Å². The number of carboxylic acid groups (broad SMARTS) is 1. The Morgan fingerprint density at radius 1 is 1.18 bits per heavy atom. The number of aromatic nitrogens is 3. The minimum Gasteiger partial charge on any atom is -0.478 e. The van der Waals surface area contributed by atoms with Gasteiger partial charge in [-0.05, 0) is 36.6 Å². The molecule has 3 rings (SSSR count). The standard InChI is InChI=1S/C22H23N3O3/c1-3-5-14-25-20(23-22(24-25)28-4-2)15-16-10-12-17(13-11-16)18-8-6-7-9-19(18)21(26)27/h3,5-13H,4,14-15H2,1-2H3,(H,26,27). The summed E-state index contributed by atoms with van der Waals surface area (Å²) < 4.78 is 7.27. The van der Waals surface area contributed by atoms with Gasteiger partial charge in [-0.15, -0.1) is 5.10 Å². The Balaban J connectivity index is 1.84. The molecule has 0 aliphatic heterocycles. The molecule has 1 heterocycles. The molecule has 6 nitrogen and oxygen atoms in total. The van der Waals surface area contributed by atoms with Crippen molar-refractivity contribution < 1.29 is 14.6 Å². The SMILES string of the molecule is CC=CCn1nc(OCC)nc1Cc1ccc(-c2ccccc2C(=O)O)cc1. The number of aromatic carboxylic acids is 1. The highest BCUT2D eigenvalue weighted by Crippen LogP contribution is 2.24. The van der Waals surface area contributed by atoms with E-state index in [1.807, 2.05) is 67.1 Å². The molecular formula is C22H23N3O3. The van der Waals surface area contributed by atoms with Crippen LogP contribution in [0.5, 0.6) is 6.01 Å². The molecule has 0 radical (unpaired) electrons. The van der Waals surface area contributed by atoms with Crippen molar-refractivity contribution in [3.05, 3.63) is 77.6 Å². The van der Waals surface area contributed by atoms with Crippen molar-refractivity contribution in [3.8, 4) is 17.1 Å². The van der Waals surface area contributed by atoms with Crippen molar-refractivity contribution in [1.82, 2.24) is 14.8 Å². The monoisotopic (exact) mass is 377 g/mol. The molecule has 0 saturated heterocycles. The summed E-state index contributed by atoms with van der Waals surface area (Å²) in [7, 11) is 0. The van der Waals surface area contributed by atoms with Gasteiger partial charge in [-0.2, -0.15) is 4.98 Å². The third-order valence-electron chi connectivity index (χ3n) is 4.30. The molecule has 28 heavy (non-hydrogen) atoms. The van der Waals surface area contributed by atoms with Gasteiger partial charge in [0, 0.05) is 6.42 Å². The maximum absolute atomic E-state index is 11.4. The highest BCUT2D eigenvalue weighted by molar-refractivity contribution is 5.95. The Kier molecular flexibility index (Phi) is 6.22. The number of rotatable bonds is 8. The summed E-state index contributed by atoms with van der Waals surface area (Å²) in [5.74, 6) is -0.111. The minimum atomic E-state index is -0.930. The molecule has 0 atom stereocenters. The maximum Gasteiger partial charge on any atom is 0.336 e. The molecule has 0 spiro atoms. The van der Waals surface area contributed by atoms with Gasteiger partial charge >= 0.3 is 12.0 Å². The zero-order valence-electron chi connectivity index (χ0n) is 16.0. The van der Waals surface area contributed by atoms with Crippen LogP contribution in [0.15, 0.2) is 60.7 Å². The zero-order valence-corrected chi connectivity index (χ0v) is 16.0. The van der Waals surface area contributed by atoms with E-state index in [1.165, 1.54) is 0 Å². The van der Waals surface area contributed by atoms with Crippen LogP contribution < -0.4 is 4.74 Å². The number of allylic oxidation sites excluding steroid dienone is 2. The van der Waals surface area contributed by atoms with Crippen LogP contribution in [0.2, 0.25) is 0 Å². The van der Waals surface area contributed by atoms with Gasteiger partial charge in [-0.25, -0.2) is 9.48 Å². The second kappa shape index (κ2) is 8.99. The van der Waals surface area contributed by atoms with E-state index >= 15 is 0 Å². The van der Waals surface area contributed by atoms with Crippen molar-refractivity contribution in [2.45, 2.75) is 26.8 Å². The highest BCUT2D eigenvalue weighted by Gasteiger charge is 2.13. The van der Waals surface area contributed by atoms with E-state index in [-0.39, 0.29) is 0 Å². The smallest absolute Gasteiger partial charge is 0.336 e. The van der Waals surface area contributed by atoms with Gasteiger partial charge in [0.15, 0.2) is 0 Å². The summed E-state index contributed by atoms with van der Waals surface area (Å²) in [5.41, 5.74) is 2.93. The summed E-state index contributed by atoms with van der Waals surface area (Å²) in [6, 6.07) is 15.2. The second-order valence-electron chi connectivity index (χ2n) is 6.22. The van der Waals surface area contributed by atoms with Gasteiger partial charge in [0.25, 0.3) is 0 Å². The number of carbonyl (C=O) groups is 1. The summed E-state index contributed by atoms with van der Waals surface area (Å²) in [6.07, 6.45) is 4.60. The van der Waals surface area contributed by atoms with Crippen molar-refractivity contribution in [2.75, 3.05) is 6.61 Å². The van der Waals surface area contributed by atoms with Crippen molar-refractivity contribution in [1.29, 1.82) is 0 Å². The Labute approximate surface area is 164 Å². The first-order valence-corrected chi connectivity index (χ1v) is 9.21. The molecule has 1 N–H and O–H groups in total.